The third kappa shape index (κ3) is 6.88. The fourth-order valence-electron chi connectivity index (χ4n) is 3.92. The van der Waals surface area contributed by atoms with Crippen LogP contribution < -0.4 is 20.8 Å². The van der Waals surface area contributed by atoms with Gasteiger partial charge >= 0.3 is 6.36 Å². The van der Waals surface area contributed by atoms with Crippen LogP contribution in [0.1, 0.15) is 41.4 Å². The Morgan fingerprint density at radius 3 is 2.49 bits per heavy atom. The number of nitrogens with zero attached hydrogens (tertiary/aromatic N) is 3. The molecule has 200 valence electrons. The maximum Gasteiger partial charge on any atom is 0.573 e. The Kier molecular flexibility index (Phi) is 8.10. The molecule has 4 rings (SSSR count). The number of anilines is 2. The first kappa shape index (κ1) is 27.5. The average molecular weight is 552 g/mol. The lowest BCUT2D eigenvalue weighted by Gasteiger charge is -2.21. The Morgan fingerprint density at radius 1 is 1.10 bits per heavy atom. The van der Waals surface area contributed by atoms with E-state index in [1.54, 1.807) is 24.4 Å². The molecule has 1 heterocycles. The highest BCUT2D eigenvalue weighted by atomic mass is 32.1. The summed E-state index contributed by atoms with van der Waals surface area (Å²) in [6.07, 6.45) is -1.67. The average Bonchev–Trinajstić information content (AvgIpc) is 2.88. The standard InChI is InChI=1S/C28H24F3N5O2S/c1-17(2)22-5-3-4-6-24(22)36(27(32)39)34-16-18-7-12-23-19(15-18)13-14-33-25(23)26(37)35-20-8-10-21(11-9-20)38-28(29,30)31/h3-17H,1-2H3,(H2,32,39)(H,35,37)/b34-16+. The lowest BCUT2D eigenvalue weighted by molar-refractivity contribution is -0.274. The van der Waals surface area contributed by atoms with E-state index in [1.807, 2.05) is 30.3 Å². The lowest BCUT2D eigenvalue weighted by atomic mass is 10.0. The maximum atomic E-state index is 12.9. The number of rotatable bonds is 7. The summed E-state index contributed by atoms with van der Waals surface area (Å²) in [7, 11) is 0. The minimum absolute atomic E-state index is 0.0984. The number of amides is 1. The second-order valence-electron chi connectivity index (χ2n) is 8.77. The predicted octanol–water partition coefficient (Wildman–Crippen LogP) is 6.59. The maximum absolute atomic E-state index is 12.9. The van der Waals surface area contributed by atoms with Gasteiger partial charge in [-0.05, 0) is 77.1 Å². The van der Waals surface area contributed by atoms with Gasteiger partial charge in [-0.3, -0.25) is 9.78 Å². The molecular weight excluding hydrogens is 527 g/mol. The molecule has 0 atom stereocenters. The summed E-state index contributed by atoms with van der Waals surface area (Å²) in [6, 6.07) is 19.7. The highest BCUT2D eigenvalue weighted by Crippen LogP contribution is 2.28. The van der Waals surface area contributed by atoms with Gasteiger partial charge in [0, 0.05) is 17.3 Å². The molecule has 0 saturated carbocycles. The number of hydrogen-bond acceptors (Lipinski definition) is 5. The summed E-state index contributed by atoms with van der Waals surface area (Å²) in [6.45, 7) is 4.14. The number of nitrogens with one attached hydrogen (secondary N) is 1. The second kappa shape index (κ2) is 11.5. The van der Waals surface area contributed by atoms with Crippen LogP contribution in [0.25, 0.3) is 10.8 Å². The minimum Gasteiger partial charge on any atom is -0.406 e. The first-order valence-electron chi connectivity index (χ1n) is 11.8. The molecule has 3 N–H and O–H groups in total. The van der Waals surface area contributed by atoms with E-state index in [0.717, 1.165) is 34.3 Å². The molecule has 0 fully saturated rings. The van der Waals surface area contributed by atoms with Crippen LogP contribution in [0.2, 0.25) is 0 Å². The van der Waals surface area contributed by atoms with E-state index >= 15 is 0 Å². The quantitative estimate of drug-likeness (QED) is 0.153. The third-order valence-electron chi connectivity index (χ3n) is 5.67. The summed E-state index contributed by atoms with van der Waals surface area (Å²) in [4.78, 5) is 17.1. The number of carbonyl (C=O) groups excluding carboxylic acids is 1. The zero-order valence-corrected chi connectivity index (χ0v) is 21.8. The minimum atomic E-state index is -4.80. The van der Waals surface area contributed by atoms with Gasteiger partial charge in [0.15, 0.2) is 5.11 Å². The number of fused-ring (bicyclic) bond motifs is 1. The Morgan fingerprint density at radius 2 is 1.82 bits per heavy atom. The number of hydrogen-bond donors (Lipinski definition) is 2. The van der Waals surface area contributed by atoms with Crippen LogP contribution in [0.3, 0.4) is 0 Å². The molecule has 39 heavy (non-hydrogen) atoms. The van der Waals surface area contributed by atoms with Crippen molar-refractivity contribution in [2.24, 2.45) is 10.8 Å². The van der Waals surface area contributed by atoms with E-state index in [0.29, 0.717) is 5.39 Å². The Bertz CT molecular complexity index is 1540. The summed E-state index contributed by atoms with van der Waals surface area (Å²) >= 11 is 5.25. The fourth-order valence-corrected chi connectivity index (χ4v) is 4.06. The zero-order chi connectivity index (χ0) is 28.2. The van der Waals surface area contributed by atoms with Gasteiger partial charge in [-0.25, -0.2) is 5.01 Å². The van der Waals surface area contributed by atoms with Crippen LogP contribution in [0.5, 0.6) is 5.75 Å². The topological polar surface area (TPSA) is 92.8 Å². The van der Waals surface area contributed by atoms with Gasteiger partial charge in [0.25, 0.3) is 5.91 Å². The molecule has 0 unspecified atom stereocenters. The Hall–Kier alpha value is -4.51. The van der Waals surface area contributed by atoms with Crippen molar-refractivity contribution in [3.05, 3.63) is 95.8 Å². The second-order valence-corrected chi connectivity index (χ2v) is 9.19. The van der Waals surface area contributed by atoms with Crippen molar-refractivity contribution in [1.82, 2.24) is 4.98 Å². The molecule has 0 aliphatic carbocycles. The molecule has 0 aliphatic rings. The van der Waals surface area contributed by atoms with Gasteiger partial charge < -0.3 is 15.8 Å². The number of pyridine rings is 1. The van der Waals surface area contributed by atoms with E-state index in [1.165, 1.54) is 23.3 Å². The number of aromatic nitrogens is 1. The van der Waals surface area contributed by atoms with E-state index < -0.39 is 12.3 Å². The van der Waals surface area contributed by atoms with Crippen LogP contribution in [0.4, 0.5) is 24.5 Å². The summed E-state index contributed by atoms with van der Waals surface area (Å²) in [5, 5.41) is 10.1. The van der Waals surface area contributed by atoms with E-state index in [-0.39, 0.29) is 28.2 Å². The van der Waals surface area contributed by atoms with E-state index in [9.17, 15) is 18.0 Å². The number of halogens is 3. The first-order chi connectivity index (χ1) is 18.5. The number of thiocarbonyl (C=S) groups is 1. The first-order valence-corrected chi connectivity index (χ1v) is 12.2. The molecule has 0 bridgehead atoms. The fraction of sp³-hybridized carbons (Fsp3) is 0.143. The Balaban J connectivity index is 1.56. The van der Waals surface area contributed by atoms with Gasteiger partial charge in [0.1, 0.15) is 11.4 Å². The van der Waals surface area contributed by atoms with Crippen molar-refractivity contribution in [3.8, 4) is 5.75 Å². The summed E-state index contributed by atoms with van der Waals surface area (Å²) < 4.78 is 41.0. The largest absolute Gasteiger partial charge is 0.573 e. The number of benzene rings is 3. The molecule has 0 saturated heterocycles. The van der Waals surface area contributed by atoms with E-state index in [4.69, 9.17) is 18.0 Å². The van der Waals surface area contributed by atoms with Crippen LogP contribution in [-0.2, 0) is 0 Å². The Labute approximate surface area is 228 Å². The van der Waals surface area contributed by atoms with Crippen LogP contribution in [0, 0.1) is 0 Å². The molecule has 4 aromatic rings. The van der Waals surface area contributed by atoms with Crippen molar-refractivity contribution >= 4 is 51.6 Å². The molecular formula is C28H24F3N5O2S. The summed E-state index contributed by atoms with van der Waals surface area (Å²) in [5.74, 6) is -0.673. The number of alkyl halides is 3. The smallest absolute Gasteiger partial charge is 0.406 e. The molecule has 0 spiro atoms. The van der Waals surface area contributed by atoms with E-state index in [2.05, 4.69) is 34.0 Å². The molecule has 3 aromatic carbocycles. The predicted molar refractivity (Wildman–Crippen MR) is 150 cm³/mol. The van der Waals surface area contributed by atoms with Crippen molar-refractivity contribution < 1.29 is 22.7 Å². The van der Waals surface area contributed by atoms with Crippen LogP contribution in [0.15, 0.2) is 84.1 Å². The normalized spacial score (nSPS) is 11.6. The van der Waals surface area contributed by atoms with Gasteiger partial charge in [0.2, 0.25) is 0 Å². The SMILES string of the molecule is CC(C)c1ccccc1N(/N=C/c1ccc2c(C(=O)Nc3ccc(OC(F)(F)F)cc3)nccc2c1)C(N)=S. The lowest BCUT2D eigenvalue weighted by Crippen LogP contribution is -2.31. The summed E-state index contributed by atoms with van der Waals surface area (Å²) in [5.41, 5.74) is 9.00. The number of nitrogens with two attached hydrogens (primary N) is 1. The van der Waals surface area contributed by atoms with Crippen molar-refractivity contribution in [1.29, 1.82) is 0 Å². The highest BCUT2D eigenvalue weighted by molar-refractivity contribution is 7.80. The van der Waals surface area contributed by atoms with Crippen molar-refractivity contribution in [3.63, 3.8) is 0 Å². The van der Waals surface area contributed by atoms with Crippen LogP contribution in [-0.4, -0.2) is 28.6 Å². The van der Waals surface area contributed by atoms with Gasteiger partial charge in [-0.1, -0.05) is 44.2 Å². The zero-order valence-electron chi connectivity index (χ0n) is 20.9. The number of carbonyl (C=O) groups is 1. The van der Waals surface area contributed by atoms with Crippen LogP contribution >= 0.6 is 12.2 Å². The molecule has 11 heteroatoms. The third-order valence-corrected chi connectivity index (χ3v) is 5.84. The molecule has 0 radical (unpaired) electrons. The molecule has 7 nitrogen and oxygen atoms in total. The molecule has 0 aliphatic heterocycles. The number of ether oxygens (including phenoxy) is 1. The monoisotopic (exact) mass is 551 g/mol. The number of para-hydroxylation sites is 1. The van der Waals surface area contributed by atoms with Gasteiger partial charge in [-0.2, -0.15) is 5.10 Å². The molecule has 1 aromatic heterocycles. The van der Waals surface area contributed by atoms with Gasteiger partial charge in [-0.15, -0.1) is 13.2 Å². The highest BCUT2D eigenvalue weighted by Gasteiger charge is 2.31. The van der Waals surface area contributed by atoms with Crippen molar-refractivity contribution in [2.75, 3.05) is 10.3 Å². The van der Waals surface area contributed by atoms with Crippen molar-refractivity contribution in [2.45, 2.75) is 26.1 Å². The molecule has 1 amide bonds. The number of hydrazone groups is 1. The van der Waals surface area contributed by atoms with Gasteiger partial charge in [0.05, 0.1) is 11.9 Å².